The molecule has 0 bridgehead atoms. The molecule has 15 heavy (non-hydrogen) atoms. The van der Waals surface area contributed by atoms with Crippen LogP contribution in [0.1, 0.15) is 24.5 Å². The van der Waals surface area contributed by atoms with Gasteiger partial charge in [-0.05, 0) is 12.8 Å². The second-order valence-corrected chi connectivity index (χ2v) is 3.59. The fourth-order valence-electron chi connectivity index (χ4n) is 1.29. The van der Waals surface area contributed by atoms with E-state index >= 15 is 0 Å². The van der Waals surface area contributed by atoms with Crippen LogP contribution in [0.2, 0.25) is 0 Å². The standard InChI is InChI=1S/C10H13N3O2/c1-2-5-15-10(14)7-13-6-9(11-12-13)8-3-4-8/h2,6,8H,1,3-5,7H2. The molecule has 0 aromatic carbocycles. The Balaban J connectivity index is 1.86. The number of carbonyl (C=O) groups is 1. The van der Waals surface area contributed by atoms with Gasteiger partial charge in [-0.3, -0.25) is 4.79 Å². The molecule has 2 rings (SSSR count). The molecule has 0 atom stereocenters. The van der Waals surface area contributed by atoms with Crippen LogP contribution in [-0.2, 0) is 16.1 Å². The number of hydrogen-bond acceptors (Lipinski definition) is 4. The molecule has 80 valence electrons. The molecule has 1 heterocycles. The summed E-state index contributed by atoms with van der Waals surface area (Å²) in [4.78, 5) is 11.2. The van der Waals surface area contributed by atoms with E-state index in [1.54, 1.807) is 0 Å². The van der Waals surface area contributed by atoms with Crippen LogP contribution in [0.5, 0.6) is 0 Å². The van der Waals surface area contributed by atoms with Crippen LogP contribution in [0.15, 0.2) is 18.9 Å². The molecule has 5 nitrogen and oxygen atoms in total. The van der Waals surface area contributed by atoms with Crippen LogP contribution in [0.3, 0.4) is 0 Å². The molecular formula is C10H13N3O2. The highest BCUT2D eigenvalue weighted by Crippen LogP contribution is 2.38. The molecule has 1 fully saturated rings. The fourth-order valence-corrected chi connectivity index (χ4v) is 1.29. The lowest BCUT2D eigenvalue weighted by Gasteiger charge is -2.00. The summed E-state index contributed by atoms with van der Waals surface area (Å²) in [5.41, 5.74) is 0.978. The van der Waals surface area contributed by atoms with E-state index in [2.05, 4.69) is 16.9 Å². The Morgan fingerprint density at radius 3 is 3.20 bits per heavy atom. The van der Waals surface area contributed by atoms with E-state index in [1.807, 2.05) is 6.20 Å². The summed E-state index contributed by atoms with van der Waals surface area (Å²) in [6.07, 6.45) is 5.71. The third-order valence-corrected chi connectivity index (χ3v) is 2.21. The first-order valence-corrected chi connectivity index (χ1v) is 4.96. The molecule has 0 amide bonds. The van der Waals surface area contributed by atoms with Gasteiger partial charge in [0.1, 0.15) is 13.2 Å². The summed E-state index contributed by atoms with van der Waals surface area (Å²) in [5.74, 6) is 0.241. The van der Waals surface area contributed by atoms with Gasteiger partial charge < -0.3 is 4.74 Å². The van der Waals surface area contributed by atoms with Gasteiger partial charge in [-0.1, -0.05) is 17.9 Å². The molecule has 5 heteroatoms. The zero-order valence-corrected chi connectivity index (χ0v) is 8.43. The SMILES string of the molecule is C=CCOC(=O)Cn1cc(C2CC2)nn1. The van der Waals surface area contributed by atoms with Crippen molar-refractivity contribution < 1.29 is 9.53 Å². The van der Waals surface area contributed by atoms with Crippen LogP contribution in [0.4, 0.5) is 0 Å². The molecule has 1 aliphatic rings. The minimum atomic E-state index is -0.317. The monoisotopic (exact) mass is 207 g/mol. The molecule has 0 aliphatic heterocycles. The topological polar surface area (TPSA) is 57.0 Å². The van der Waals surface area contributed by atoms with Crippen molar-refractivity contribution >= 4 is 5.97 Å². The number of ether oxygens (including phenoxy) is 1. The van der Waals surface area contributed by atoms with E-state index < -0.39 is 0 Å². The largest absolute Gasteiger partial charge is 0.460 e. The Morgan fingerprint density at radius 1 is 1.73 bits per heavy atom. The van der Waals surface area contributed by atoms with Crippen LogP contribution in [0, 0.1) is 0 Å². The Labute approximate surface area is 87.7 Å². The van der Waals surface area contributed by atoms with Gasteiger partial charge in [0.05, 0.1) is 5.69 Å². The smallest absolute Gasteiger partial charge is 0.328 e. The van der Waals surface area contributed by atoms with Crippen LogP contribution in [0.25, 0.3) is 0 Å². The van der Waals surface area contributed by atoms with E-state index in [9.17, 15) is 4.79 Å². The molecular weight excluding hydrogens is 194 g/mol. The summed E-state index contributed by atoms with van der Waals surface area (Å²) in [5, 5.41) is 7.86. The van der Waals surface area contributed by atoms with Crippen molar-refractivity contribution in [2.45, 2.75) is 25.3 Å². The quantitative estimate of drug-likeness (QED) is 0.531. The third-order valence-electron chi connectivity index (χ3n) is 2.21. The number of esters is 1. The van der Waals surface area contributed by atoms with Crippen LogP contribution < -0.4 is 0 Å². The molecule has 0 radical (unpaired) electrons. The van der Waals surface area contributed by atoms with E-state index in [-0.39, 0.29) is 19.1 Å². The van der Waals surface area contributed by atoms with Crippen molar-refractivity contribution in [1.29, 1.82) is 0 Å². The lowest BCUT2D eigenvalue weighted by atomic mass is 10.3. The van der Waals surface area contributed by atoms with E-state index in [1.165, 1.54) is 23.6 Å². The maximum Gasteiger partial charge on any atom is 0.328 e. The molecule has 1 saturated carbocycles. The summed E-state index contributed by atoms with van der Waals surface area (Å²) in [6, 6.07) is 0. The van der Waals surface area contributed by atoms with E-state index in [0.29, 0.717) is 5.92 Å². The average Bonchev–Trinajstić information content (AvgIpc) is 2.98. The van der Waals surface area contributed by atoms with Crippen molar-refractivity contribution in [3.05, 3.63) is 24.5 Å². The third kappa shape index (κ3) is 2.65. The summed E-state index contributed by atoms with van der Waals surface area (Å²) >= 11 is 0. The Bertz CT molecular complexity index is 368. The predicted octanol–water partition coefficient (Wildman–Crippen LogP) is 0.885. The molecule has 0 saturated heterocycles. The van der Waals surface area contributed by atoms with Gasteiger partial charge in [0, 0.05) is 12.1 Å². The predicted molar refractivity (Wildman–Crippen MR) is 53.2 cm³/mol. The molecule has 0 N–H and O–H groups in total. The van der Waals surface area contributed by atoms with Gasteiger partial charge in [0.15, 0.2) is 0 Å². The maximum atomic E-state index is 11.2. The van der Waals surface area contributed by atoms with Gasteiger partial charge in [-0.15, -0.1) is 5.10 Å². The van der Waals surface area contributed by atoms with Crippen LogP contribution >= 0.6 is 0 Å². The first kappa shape index (κ1) is 9.89. The molecule has 1 aromatic rings. The number of rotatable bonds is 5. The number of nitrogens with zero attached hydrogens (tertiary/aromatic N) is 3. The van der Waals surface area contributed by atoms with Crippen molar-refractivity contribution in [1.82, 2.24) is 15.0 Å². The lowest BCUT2D eigenvalue weighted by Crippen LogP contribution is -2.14. The highest BCUT2D eigenvalue weighted by Gasteiger charge is 2.26. The Hall–Kier alpha value is -1.65. The van der Waals surface area contributed by atoms with Crippen LogP contribution in [-0.4, -0.2) is 27.6 Å². The second-order valence-electron chi connectivity index (χ2n) is 3.59. The fraction of sp³-hybridized carbons (Fsp3) is 0.500. The van der Waals surface area contributed by atoms with Gasteiger partial charge in [0.25, 0.3) is 0 Å². The van der Waals surface area contributed by atoms with Gasteiger partial charge in [-0.2, -0.15) is 0 Å². The normalized spacial score (nSPS) is 14.9. The first-order valence-electron chi connectivity index (χ1n) is 4.96. The summed E-state index contributed by atoms with van der Waals surface area (Å²) in [7, 11) is 0. The van der Waals surface area contributed by atoms with Crippen molar-refractivity contribution in [2.75, 3.05) is 6.61 Å². The number of aromatic nitrogens is 3. The Morgan fingerprint density at radius 2 is 2.53 bits per heavy atom. The van der Waals surface area contributed by atoms with Crippen molar-refractivity contribution in [3.8, 4) is 0 Å². The zero-order valence-electron chi connectivity index (χ0n) is 8.43. The molecule has 1 aliphatic carbocycles. The van der Waals surface area contributed by atoms with Gasteiger partial charge in [0.2, 0.25) is 0 Å². The summed E-state index contributed by atoms with van der Waals surface area (Å²) in [6.45, 7) is 3.82. The van der Waals surface area contributed by atoms with Gasteiger partial charge >= 0.3 is 5.97 Å². The lowest BCUT2D eigenvalue weighted by molar-refractivity contribution is -0.143. The highest BCUT2D eigenvalue weighted by molar-refractivity contribution is 5.69. The van der Waals surface area contributed by atoms with E-state index in [4.69, 9.17) is 4.74 Å². The minimum Gasteiger partial charge on any atom is -0.460 e. The second kappa shape index (κ2) is 4.25. The first-order chi connectivity index (χ1) is 7.29. The number of carbonyl (C=O) groups excluding carboxylic acids is 1. The molecule has 0 unspecified atom stereocenters. The number of hydrogen-bond donors (Lipinski definition) is 0. The minimum absolute atomic E-state index is 0.119. The maximum absolute atomic E-state index is 11.2. The zero-order chi connectivity index (χ0) is 10.7. The van der Waals surface area contributed by atoms with Crippen molar-refractivity contribution in [2.24, 2.45) is 0 Å². The van der Waals surface area contributed by atoms with E-state index in [0.717, 1.165) is 5.69 Å². The molecule has 0 spiro atoms. The molecule has 1 aromatic heterocycles. The Kier molecular flexibility index (Phi) is 2.80. The van der Waals surface area contributed by atoms with Gasteiger partial charge in [-0.25, -0.2) is 4.68 Å². The van der Waals surface area contributed by atoms with Crippen molar-refractivity contribution in [3.63, 3.8) is 0 Å². The summed E-state index contributed by atoms with van der Waals surface area (Å²) < 4.78 is 6.35. The highest BCUT2D eigenvalue weighted by atomic mass is 16.5. The average molecular weight is 207 g/mol.